The zero-order chi connectivity index (χ0) is 13.9. The molecule has 0 radical (unpaired) electrons. The Bertz CT molecular complexity index is 583. The van der Waals surface area contributed by atoms with Crippen LogP contribution in [-0.4, -0.2) is 36.1 Å². The van der Waals surface area contributed by atoms with Crippen molar-refractivity contribution in [2.45, 2.75) is 0 Å². The van der Waals surface area contributed by atoms with E-state index in [0.29, 0.717) is 10.0 Å². The molecule has 0 bridgehead atoms. The summed E-state index contributed by atoms with van der Waals surface area (Å²) in [6.07, 6.45) is 3.53. The van der Waals surface area contributed by atoms with E-state index in [1.54, 1.807) is 18.5 Å². The van der Waals surface area contributed by atoms with Crippen LogP contribution in [0.3, 0.4) is 0 Å². The lowest BCUT2D eigenvalue weighted by Crippen LogP contribution is -2.47. The average Bonchev–Trinajstić information content (AvgIpc) is 2.51. The predicted molar refractivity (Wildman–Crippen MR) is 82.9 cm³/mol. The third kappa shape index (κ3) is 2.67. The zero-order valence-electron chi connectivity index (χ0n) is 10.8. The Hall–Kier alpha value is -1.52. The zero-order valence-corrected chi connectivity index (χ0v) is 12.3. The highest BCUT2D eigenvalue weighted by Gasteiger charge is 2.20. The fourth-order valence-corrected chi connectivity index (χ4v) is 2.75. The molecule has 1 saturated heterocycles. The molecule has 1 aliphatic heterocycles. The number of piperazine rings is 1. The van der Waals surface area contributed by atoms with E-state index in [1.165, 1.54) is 0 Å². The van der Waals surface area contributed by atoms with Crippen molar-refractivity contribution in [1.82, 2.24) is 9.97 Å². The van der Waals surface area contributed by atoms with Gasteiger partial charge < -0.3 is 9.80 Å². The smallest absolute Gasteiger partial charge is 0.225 e. The summed E-state index contributed by atoms with van der Waals surface area (Å²) in [6, 6.07) is 7.56. The minimum absolute atomic E-state index is 0.595. The van der Waals surface area contributed by atoms with Crippen LogP contribution in [0.2, 0.25) is 10.0 Å². The number of hydrogen-bond donors (Lipinski definition) is 0. The maximum absolute atomic E-state index is 6.27. The monoisotopic (exact) mass is 308 g/mol. The standard InChI is InChI=1S/C14H14Cl2N4/c15-11-3-1-4-12(13(11)16)19-7-9-20(10-8-19)14-17-5-2-6-18-14/h1-6H,7-10H2. The highest BCUT2D eigenvalue weighted by molar-refractivity contribution is 6.43. The van der Waals surface area contributed by atoms with Gasteiger partial charge in [-0.05, 0) is 18.2 Å². The number of anilines is 2. The van der Waals surface area contributed by atoms with Gasteiger partial charge in [0.1, 0.15) is 0 Å². The lowest BCUT2D eigenvalue weighted by Gasteiger charge is -2.36. The van der Waals surface area contributed by atoms with Crippen LogP contribution in [0.1, 0.15) is 0 Å². The second-order valence-electron chi connectivity index (χ2n) is 4.60. The Balaban J connectivity index is 1.71. The average molecular weight is 309 g/mol. The van der Waals surface area contributed by atoms with Gasteiger partial charge in [0.2, 0.25) is 5.95 Å². The lowest BCUT2D eigenvalue weighted by molar-refractivity contribution is 0.640. The second-order valence-corrected chi connectivity index (χ2v) is 5.38. The summed E-state index contributed by atoms with van der Waals surface area (Å²) in [5, 5.41) is 1.22. The van der Waals surface area contributed by atoms with Crippen molar-refractivity contribution < 1.29 is 0 Å². The molecule has 4 nitrogen and oxygen atoms in total. The van der Waals surface area contributed by atoms with E-state index in [1.807, 2.05) is 18.2 Å². The summed E-state index contributed by atoms with van der Waals surface area (Å²) in [5.41, 5.74) is 0.993. The minimum Gasteiger partial charge on any atom is -0.367 e. The molecular formula is C14H14Cl2N4. The summed E-state index contributed by atoms with van der Waals surface area (Å²) in [4.78, 5) is 13.0. The Morgan fingerprint density at radius 3 is 2.20 bits per heavy atom. The van der Waals surface area contributed by atoms with Crippen molar-refractivity contribution in [3.05, 3.63) is 46.7 Å². The van der Waals surface area contributed by atoms with Gasteiger partial charge in [0, 0.05) is 38.6 Å². The topological polar surface area (TPSA) is 32.3 Å². The number of rotatable bonds is 2. The summed E-state index contributed by atoms with van der Waals surface area (Å²) in [6.45, 7) is 3.48. The maximum atomic E-state index is 6.27. The minimum atomic E-state index is 0.595. The molecule has 1 aromatic heterocycles. The Morgan fingerprint density at radius 1 is 0.850 bits per heavy atom. The highest BCUT2D eigenvalue weighted by atomic mass is 35.5. The quantitative estimate of drug-likeness (QED) is 0.853. The van der Waals surface area contributed by atoms with Crippen molar-refractivity contribution in [3.8, 4) is 0 Å². The van der Waals surface area contributed by atoms with Crippen LogP contribution < -0.4 is 9.80 Å². The highest BCUT2D eigenvalue weighted by Crippen LogP contribution is 2.33. The molecule has 6 heteroatoms. The second kappa shape index (κ2) is 5.85. The Labute approximate surface area is 128 Å². The third-order valence-corrected chi connectivity index (χ3v) is 4.20. The lowest BCUT2D eigenvalue weighted by atomic mass is 10.2. The van der Waals surface area contributed by atoms with Crippen molar-refractivity contribution in [3.63, 3.8) is 0 Å². The first-order valence-corrected chi connectivity index (χ1v) is 7.22. The van der Waals surface area contributed by atoms with Crippen molar-refractivity contribution in [2.24, 2.45) is 0 Å². The van der Waals surface area contributed by atoms with Gasteiger partial charge in [-0.25, -0.2) is 9.97 Å². The van der Waals surface area contributed by atoms with Gasteiger partial charge in [-0.3, -0.25) is 0 Å². The van der Waals surface area contributed by atoms with Gasteiger partial charge in [-0.2, -0.15) is 0 Å². The Morgan fingerprint density at radius 2 is 1.50 bits per heavy atom. The molecule has 0 N–H and O–H groups in total. The Kier molecular flexibility index (Phi) is 3.94. The summed E-state index contributed by atoms with van der Waals surface area (Å²) in [5.74, 6) is 0.782. The molecule has 20 heavy (non-hydrogen) atoms. The van der Waals surface area contributed by atoms with Gasteiger partial charge in [0.15, 0.2) is 0 Å². The van der Waals surface area contributed by atoms with Crippen LogP contribution in [-0.2, 0) is 0 Å². The normalized spacial score (nSPS) is 15.5. The van der Waals surface area contributed by atoms with E-state index < -0.39 is 0 Å². The fourth-order valence-electron chi connectivity index (χ4n) is 2.34. The molecule has 0 amide bonds. The van der Waals surface area contributed by atoms with E-state index in [-0.39, 0.29) is 0 Å². The first-order valence-electron chi connectivity index (χ1n) is 6.46. The van der Waals surface area contributed by atoms with Crippen LogP contribution in [0.4, 0.5) is 11.6 Å². The molecule has 0 saturated carbocycles. The van der Waals surface area contributed by atoms with E-state index in [4.69, 9.17) is 23.2 Å². The predicted octanol–water partition coefficient (Wildman–Crippen LogP) is 3.11. The molecule has 1 aliphatic rings. The first kappa shape index (κ1) is 13.5. The van der Waals surface area contributed by atoms with Crippen molar-refractivity contribution in [2.75, 3.05) is 36.0 Å². The van der Waals surface area contributed by atoms with E-state index in [9.17, 15) is 0 Å². The summed E-state index contributed by atoms with van der Waals surface area (Å²) < 4.78 is 0. The van der Waals surface area contributed by atoms with E-state index in [2.05, 4.69) is 19.8 Å². The van der Waals surface area contributed by atoms with Gasteiger partial charge in [0.05, 0.1) is 15.7 Å². The molecular weight excluding hydrogens is 295 g/mol. The van der Waals surface area contributed by atoms with Crippen LogP contribution >= 0.6 is 23.2 Å². The van der Waals surface area contributed by atoms with Crippen LogP contribution in [0, 0.1) is 0 Å². The van der Waals surface area contributed by atoms with Gasteiger partial charge in [-0.15, -0.1) is 0 Å². The SMILES string of the molecule is Clc1cccc(N2CCN(c3ncccn3)CC2)c1Cl. The number of benzene rings is 1. The molecule has 3 rings (SSSR count). The van der Waals surface area contributed by atoms with Crippen molar-refractivity contribution >= 4 is 34.8 Å². The van der Waals surface area contributed by atoms with Crippen LogP contribution in [0.25, 0.3) is 0 Å². The molecule has 0 unspecified atom stereocenters. The third-order valence-electron chi connectivity index (χ3n) is 3.39. The van der Waals surface area contributed by atoms with E-state index in [0.717, 1.165) is 37.8 Å². The summed E-state index contributed by atoms with van der Waals surface area (Å²) in [7, 11) is 0. The summed E-state index contributed by atoms with van der Waals surface area (Å²) >= 11 is 12.3. The number of halogens is 2. The number of hydrogen-bond acceptors (Lipinski definition) is 4. The van der Waals surface area contributed by atoms with E-state index >= 15 is 0 Å². The molecule has 1 aromatic carbocycles. The first-order chi connectivity index (χ1) is 9.75. The van der Waals surface area contributed by atoms with Crippen molar-refractivity contribution in [1.29, 1.82) is 0 Å². The van der Waals surface area contributed by atoms with Gasteiger partial charge in [0.25, 0.3) is 0 Å². The number of aromatic nitrogens is 2. The van der Waals surface area contributed by atoms with Gasteiger partial charge in [-0.1, -0.05) is 29.3 Å². The largest absolute Gasteiger partial charge is 0.367 e. The molecule has 0 atom stereocenters. The van der Waals surface area contributed by atoms with Crippen LogP contribution in [0.5, 0.6) is 0 Å². The molecule has 2 aromatic rings. The van der Waals surface area contributed by atoms with Crippen LogP contribution in [0.15, 0.2) is 36.7 Å². The molecule has 0 spiro atoms. The number of nitrogens with zero attached hydrogens (tertiary/aromatic N) is 4. The molecule has 1 fully saturated rings. The maximum Gasteiger partial charge on any atom is 0.225 e. The molecule has 104 valence electrons. The fraction of sp³-hybridized carbons (Fsp3) is 0.286. The molecule has 2 heterocycles. The molecule has 0 aliphatic carbocycles. The van der Waals surface area contributed by atoms with Gasteiger partial charge >= 0.3 is 0 Å².